The van der Waals surface area contributed by atoms with Gasteiger partial charge in [0.2, 0.25) is 5.91 Å². The van der Waals surface area contributed by atoms with Crippen molar-refractivity contribution in [2.75, 3.05) is 13.2 Å². The molecule has 1 N–H and O–H groups in total. The summed E-state index contributed by atoms with van der Waals surface area (Å²) in [6.45, 7) is 14.1. The summed E-state index contributed by atoms with van der Waals surface area (Å²) >= 11 is 0. The van der Waals surface area contributed by atoms with E-state index in [1.807, 2.05) is 34.6 Å². The van der Waals surface area contributed by atoms with Crippen LogP contribution in [-0.2, 0) is 9.59 Å². The monoisotopic (exact) mass is 275 g/mol. The summed E-state index contributed by atoms with van der Waals surface area (Å²) in [5, 5.41) is 7.88. The predicted molar refractivity (Wildman–Crippen MR) is 81.2 cm³/mol. The molecule has 1 unspecified atom stereocenters. The lowest BCUT2D eigenvalue weighted by Crippen LogP contribution is -2.37. The highest BCUT2D eigenvalue weighted by Gasteiger charge is 2.29. The maximum Gasteiger partial charge on any atom is 0.220 e. The van der Waals surface area contributed by atoms with Gasteiger partial charge >= 0.3 is 0 Å². The van der Waals surface area contributed by atoms with E-state index >= 15 is 0 Å². The molecule has 0 aromatic heterocycles. The molecule has 0 saturated carbocycles. The maximum atomic E-state index is 11.0. The largest absolute Gasteiger partial charge is 0.396 e. The van der Waals surface area contributed by atoms with Crippen molar-refractivity contribution in [2.24, 2.45) is 0 Å². The number of hydrogen-bond donors (Lipinski definition) is 1. The van der Waals surface area contributed by atoms with Crippen molar-refractivity contribution in [3.05, 3.63) is 0 Å². The smallest absolute Gasteiger partial charge is 0.220 e. The first kappa shape index (κ1) is 23.2. The number of nitrogens with zero attached hydrogens (tertiary/aromatic N) is 1. The Morgan fingerprint density at radius 1 is 1.16 bits per heavy atom. The first-order chi connectivity index (χ1) is 9.04. The normalized spacial score (nSPS) is 16.0. The summed E-state index contributed by atoms with van der Waals surface area (Å²) in [7, 11) is 0. The Balaban J connectivity index is -0.000000271. The Morgan fingerprint density at radius 3 is 1.79 bits per heavy atom. The molecule has 0 aromatic carbocycles. The van der Waals surface area contributed by atoms with Crippen LogP contribution in [0.25, 0.3) is 0 Å². The molecule has 1 heterocycles. The van der Waals surface area contributed by atoms with E-state index in [9.17, 15) is 9.59 Å². The third-order valence-electron chi connectivity index (χ3n) is 2.35. The molecule has 0 spiro atoms. The van der Waals surface area contributed by atoms with E-state index in [-0.39, 0.29) is 17.7 Å². The van der Waals surface area contributed by atoms with Crippen molar-refractivity contribution < 1.29 is 14.7 Å². The van der Waals surface area contributed by atoms with Gasteiger partial charge in [0.1, 0.15) is 0 Å². The van der Waals surface area contributed by atoms with Crippen LogP contribution in [-0.4, -0.2) is 40.9 Å². The van der Waals surface area contributed by atoms with Gasteiger partial charge in [-0.25, -0.2) is 0 Å². The second-order valence-electron chi connectivity index (χ2n) is 3.70. The van der Waals surface area contributed by atoms with Gasteiger partial charge in [-0.15, -0.1) is 0 Å². The van der Waals surface area contributed by atoms with Crippen LogP contribution < -0.4 is 0 Å². The lowest BCUT2D eigenvalue weighted by atomic mass is 10.1. The molecule has 1 rings (SSSR count). The van der Waals surface area contributed by atoms with E-state index < -0.39 is 0 Å². The van der Waals surface area contributed by atoms with Crippen LogP contribution in [0.15, 0.2) is 0 Å². The van der Waals surface area contributed by atoms with Crippen molar-refractivity contribution in [1.82, 2.24) is 4.90 Å². The zero-order chi connectivity index (χ0) is 15.8. The SMILES string of the molecule is CC.CC.CC(=O)C1CCCN1C(C)=O.CCCO. The number of ketones is 1. The van der Waals surface area contributed by atoms with Gasteiger partial charge in [-0.2, -0.15) is 0 Å². The molecule has 0 bridgehead atoms. The van der Waals surface area contributed by atoms with Gasteiger partial charge in [0, 0.05) is 20.1 Å². The van der Waals surface area contributed by atoms with Crippen LogP contribution in [0.1, 0.15) is 67.7 Å². The zero-order valence-corrected chi connectivity index (χ0v) is 13.8. The predicted octanol–water partition coefficient (Wildman–Crippen LogP) is 3.03. The van der Waals surface area contributed by atoms with Gasteiger partial charge in [0.05, 0.1) is 6.04 Å². The molecule has 1 fully saturated rings. The number of Topliss-reactive ketones (excluding diaryl/α,β-unsaturated/α-hetero) is 1. The lowest BCUT2D eigenvalue weighted by molar-refractivity contribution is -0.135. The van der Waals surface area contributed by atoms with E-state index in [4.69, 9.17) is 5.11 Å². The molecule has 19 heavy (non-hydrogen) atoms. The second kappa shape index (κ2) is 17.1. The number of aliphatic hydroxyl groups excluding tert-OH is 1. The topological polar surface area (TPSA) is 57.6 Å². The van der Waals surface area contributed by atoms with Crippen LogP contribution in [0.4, 0.5) is 0 Å². The summed E-state index contributed by atoms with van der Waals surface area (Å²) < 4.78 is 0. The Morgan fingerprint density at radius 2 is 1.58 bits per heavy atom. The minimum Gasteiger partial charge on any atom is -0.396 e. The Kier molecular flexibility index (Phi) is 20.9. The molecule has 1 aliphatic heterocycles. The summed E-state index contributed by atoms with van der Waals surface area (Å²) in [6, 6.07) is -0.132. The fraction of sp³-hybridized carbons (Fsp3) is 0.867. The highest BCUT2D eigenvalue weighted by molar-refractivity contribution is 5.87. The van der Waals surface area contributed by atoms with E-state index in [2.05, 4.69) is 0 Å². The van der Waals surface area contributed by atoms with Gasteiger partial charge in [0.15, 0.2) is 5.78 Å². The highest BCUT2D eigenvalue weighted by Crippen LogP contribution is 2.17. The minimum absolute atomic E-state index is 0.0164. The zero-order valence-electron chi connectivity index (χ0n) is 13.8. The number of carbonyl (C=O) groups is 2. The second-order valence-corrected chi connectivity index (χ2v) is 3.70. The summed E-state index contributed by atoms with van der Waals surface area (Å²) in [4.78, 5) is 23.6. The fourth-order valence-electron chi connectivity index (χ4n) is 1.57. The number of rotatable bonds is 2. The molecular formula is C15H33NO3. The van der Waals surface area contributed by atoms with Gasteiger partial charge in [-0.3, -0.25) is 9.59 Å². The van der Waals surface area contributed by atoms with Crippen LogP contribution in [0.2, 0.25) is 0 Å². The van der Waals surface area contributed by atoms with E-state index in [0.717, 1.165) is 25.8 Å². The molecule has 1 saturated heterocycles. The summed E-state index contributed by atoms with van der Waals surface area (Å²) in [5.41, 5.74) is 0. The molecule has 1 atom stereocenters. The Bertz CT molecular complexity index is 195. The number of hydrogen-bond acceptors (Lipinski definition) is 3. The van der Waals surface area contributed by atoms with E-state index in [1.54, 1.807) is 11.8 Å². The van der Waals surface area contributed by atoms with Gasteiger partial charge in [0.25, 0.3) is 0 Å². The quantitative estimate of drug-likeness (QED) is 0.842. The fourth-order valence-corrected chi connectivity index (χ4v) is 1.57. The number of carbonyl (C=O) groups excluding carboxylic acids is 2. The average molecular weight is 275 g/mol. The average Bonchev–Trinajstić information content (AvgIpc) is 2.93. The molecule has 4 nitrogen and oxygen atoms in total. The maximum absolute atomic E-state index is 11.0. The van der Waals surface area contributed by atoms with Crippen molar-refractivity contribution >= 4 is 11.7 Å². The molecule has 0 aliphatic carbocycles. The summed E-state index contributed by atoms with van der Waals surface area (Å²) in [6.07, 6.45) is 2.68. The van der Waals surface area contributed by atoms with Gasteiger partial charge in [-0.1, -0.05) is 34.6 Å². The van der Waals surface area contributed by atoms with Crippen molar-refractivity contribution in [3.63, 3.8) is 0 Å². The minimum atomic E-state index is -0.132. The van der Waals surface area contributed by atoms with Gasteiger partial charge in [-0.05, 0) is 26.2 Å². The first-order valence-electron chi connectivity index (χ1n) is 7.43. The first-order valence-corrected chi connectivity index (χ1v) is 7.43. The summed E-state index contributed by atoms with van der Waals surface area (Å²) in [5.74, 6) is 0.125. The number of aliphatic hydroxyl groups is 1. The molecule has 1 aliphatic rings. The van der Waals surface area contributed by atoms with Crippen LogP contribution in [0, 0.1) is 0 Å². The number of amides is 1. The van der Waals surface area contributed by atoms with Crippen LogP contribution in [0.3, 0.4) is 0 Å². The standard InChI is InChI=1S/C8H13NO2.C3H8O.2C2H6/c1-6(10)8-4-3-5-9(8)7(2)11;1-2-3-4;2*1-2/h8H,3-5H2,1-2H3;4H,2-3H2,1H3;2*1-2H3. The molecule has 4 heteroatoms. The lowest BCUT2D eigenvalue weighted by Gasteiger charge is -2.20. The van der Waals surface area contributed by atoms with E-state index in [0.29, 0.717) is 6.61 Å². The third kappa shape index (κ3) is 11.9. The third-order valence-corrected chi connectivity index (χ3v) is 2.35. The van der Waals surface area contributed by atoms with Crippen LogP contribution >= 0.6 is 0 Å². The van der Waals surface area contributed by atoms with Crippen molar-refractivity contribution in [2.45, 2.75) is 73.8 Å². The molecule has 1 amide bonds. The van der Waals surface area contributed by atoms with Gasteiger partial charge < -0.3 is 10.0 Å². The van der Waals surface area contributed by atoms with E-state index in [1.165, 1.54) is 6.92 Å². The Labute approximate surface area is 119 Å². The molecule has 116 valence electrons. The molecule has 0 aromatic rings. The molecule has 0 radical (unpaired) electrons. The Hall–Kier alpha value is -0.900. The van der Waals surface area contributed by atoms with Crippen molar-refractivity contribution in [3.8, 4) is 0 Å². The molecular weight excluding hydrogens is 242 g/mol. The highest BCUT2D eigenvalue weighted by atomic mass is 16.2. The number of likely N-dealkylation sites (tertiary alicyclic amines) is 1. The van der Waals surface area contributed by atoms with Crippen LogP contribution in [0.5, 0.6) is 0 Å². The van der Waals surface area contributed by atoms with Crippen molar-refractivity contribution in [1.29, 1.82) is 0 Å².